The van der Waals surface area contributed by atoms with E-state index in [-0.39, 0.29) is 11.7 Å². The lowest BCUT2D eigenvalue weighted by Gasteiger charge is -2.24. The van der Waals surface area contributed by atoms with Gasteiger partial charge in [-0.15, -0.1) is 0 Å². The lowest BCUT2D eigenvalue weighted by molar-refractivity contribution is -0.383. The lowest BCUT2D eigenvalue weighted by Crippen LogP contribution is -2.29. The van der Waals surface area contributed by atoms with Gasteiger partial charge in [0.1, 0.15) is 0 Å². The minimum absolute atomic E-state index is 0.0633. The normalized spacial score (nSPS) is 22.1. The van der Waals surface area contributed by atoms with Crippen molar-refractivity contribution in [3.8, 4) is 0 Å². The molecule has 1 N–H and O–H groups in total. The molecule has 21 heavy (non-hydrogen) atoms. The average Bonchev–Trinajstić information content (AvgIpc) is 2.49. The largest absolute Gasteiger partial charge is 0.382 e. The van der Waals surface area contributed by atoms with Crippen LogP contribution in [0, 0.1) is 10.1 Å². The molecule has 0 amide bonds. The Hall–Kier alpha value is -2.02. The Labute approximate surface area is 124 Å². The molecule has 110 valence electrons. The Morgan fingerprint density at radius 3 is 2.71 bits per heavy atom. The summed E-state index contributed by atoms with van der Waals surface area (Å²) < 4.78 is 11.4. The summed E-state index contributed by atoms with van der Waals surface area (Å²) in [5, 5.41) is 15.8. The number of anilines is 1. The van der Waals surface area contributed by atoms with Gasteiger partial charge in [0.2, 0.25) is 0 Å². The molecular formula is C14H15N3O3S. The molecule has 0 saturated carbocycles. The quantitative estimate of drug-likeness (QED) is 0.695. The first-order valence-corrected chi connectivity index (χ1v) is 8.26. The summed E-state index contributed by atoms with van der Waals surface area (Å²) in [5.41, 5.74) is 0.934. The van der Waals surface area contributed by atoms with Crippen LogP contribution in [0.1, 0.15) is 12.8 Å². The first-order chi connectivity index (χ1) is 10.1. The molecule has 1 aromatic carbocycles. The Bertz CT molecular complexity index is 710. The fourth-order valence-corrected chi connectivity index (χ4v) is 3.92. The van der Waals surface area contributed by atoms with Crippen molar-refractivity contribution in [1.82, 2.24) is 4.98 Å². The number of nitrogens with zero attached hydrogens (tertiary/aromatic N) is 2. The molecule has 6 nitrogen and oxygen atoms in total. The van der Waals surface area contributed by atoms with Gasteiger partial charge >= 0.3 is 0 Å². The number of non-ortho nitro benzene ring substituents is 1. The van der Waals surface area contributed by atoms with Crippen molar-refractivity contribution in [1.29, 1.82) is 0 Å². The molecule has 0 radical (unpaired) electrons. The molecule has 0 bridgehead atoms. The summed E-state index contributed by atoms with van der Waals surface area (Å²) in [6.45, 7) is 0. The Balaban J connectivity index is 1.94. The molecule has 2 aromatic rings. The fourth-order valence-electron chi connectivity index (χ4n) is 2.62. The predicted molar refractivity (Wildman–Crippen MR) is 82.9 cm³/mol. The molecule has 0 aliphatic carbocycles. The highest BCUT2D eigenvalue weighted by molar-refractivity contribution is 7.85. The van der Waals surface area contributed by atoms with Crippen LogP contribution >= 0.6 is 0 Å². The molecule has 0 spiro atoms. The second-order valence-corrected chi connectivity index (χ2v) is 6.77. The predicted octanol–water partition coefficient (Wildman–Crippen LogP) is 2.47. The highest BCUT2D eigenvalue weighted by Crippen LogP contribution is 2.31. The Morgan fingerprint density at radius 1 is 1.24 bits per heavy atom. The van der Waals surface area contributed by atoms with E-state index in [1.54, 1.807) is 18.3 Å². The van der Waals surface area contributed by atoms with E-state index in [1.165, 1.54) is 12.3 Å². The molecular weight excluding hydrogens is 290 g/mol. The van der Waals surface area contributed by atoms with Crippen LogP contribution in [-0.4, -0.2) is 31.7 Å². The minimum atomic E-state index is -0.695. The third kappa shape index (κ3) is 2.87. The number of hydrogen-bond acceptors (Lipinski definition) is 5. The molecule has 3 rings (SSSR count). The van der Waals surface area contributed by atoms with Gasteiger partial charge in [-0.2, -0.15) is 0 Å². The SMILES string of the molecule is O=[N+]([O-])c1ccc(NC2CCS(=O)CC2)c2ccncc12. The zero-order chi connectivity index (χ0) is 14.8. The summed E-state index contributed by atoms with van der Waals surface area (Å²) in [7, 11) is -0.695. The van der Waals surface area contributed by atoms with Crippen molar-refractivity contribution < 1.29 is 9.13 Å². The maximum absolute atomic E-state index is 11.4. The van der Waals surface area contributed by atoms with Gasteiger partial charge < -0.3 is 5.32 Å². The highest BCUT2D eigenvalue weighted by atomic mass is 32.2. The third-order valence-electron chi connectivity index (χ3n) is 3.74. The number of fused-ring (bicyclic) bond motifs is 1. The molecule has 1 aliphatic heterocycles. The van der Waals surface area contributed by atoms with Gasteiger partial charge in [0.05, 0.1) is 10.3 Å². The van der Waals surface area contributed by atoms with E-state index < -0.39 is 15.7 Å². The second kappa shape index (κ2) is 5.77. The Morgan fingerprint density at radius 2 is 2.00 bits per heavy atom. The van der Waals surface area contributed by atoms with E-state index in [4.69, 9.17) is 0 Å². The first kappa shape index (κ1) is 13.9. The van der Waals surface area contributed by atoms with Gasteiger partial charge in [-0.05, 0) is 25.0 Å². The molecule has 1 saturated heterocycles. The van der Waals surface area contributed by atoms with E-state index in [0.717, 1.165) is 23.9 Å². The Kier molecular flexibility index (Phi) is 3.83. The molecule has 2 heterocycles. The van der Waals surface area contributed by atoms with Crippen molar-refractivity contribution in [2.45, 2.75) is 18.9 Å². The summed E-state index contributed by atoms with van der Waals surface area (Å²) in [6, 6.07) is 5.30. The number of nitro benzene ring substituents is 1. The van der Waals surface area contributed by atoms with Crippen molar-refractivity contribution in [3.63, 3.8) is 0 Å². The highest BCUT2D eigenvalue weighted by Gasteiger charge is 2.20. The van der Waals surface area contributed by atoms with Crippen LogP contribution in [0.3, 0.4) is 0 Å². The molecule has 1 aromatic heterocycles. The lowest BCUT2D eigenvalue weighted by atomic mass is 10.1. The van der Waals surface area contributed by atoms with Crippen LogP contribution in [0.4, 0.5) is 11.4 Å². The van der Waals surface area contributed by atoms with Gasteiger partial charge in [0, 0.05) is 57.9 Å². The number of hydrogen-bond donors (Lipinski definition) is 1. The van der Waals surface area contributed by atoms with E-state index >= 15 is 0 Å². The van der Waals surface area contributed by atoms with Gasteiger partial charge in [0.15, 0.2) is 0 Å². The fraction of sp³-hybridized carbons (Fsp3) is 0.357. The molecule has 0 unspecified atom stereocenters. The van der Waals surface area contributed by atoms with Crippen LogP contribution in [0.15, 0.2) is 30.6 Å². The summed E-state index contributed by atoms with van der Waals surface area (Å²) >= 11 is 0. The van der Waals surface area contributed by atoms with Crippen molar-refractivity contribution in [2.24, 2.45) is 0 Å². The minimum Gasteiger partial charge on any atom is -0.382 e. The zero-order valence-corrected chi connectivity index (χ0v) is 12.1. The molecule has 0 atom stereocenters. The summed E-state index contributed by atoms with van der Waals surface area (Å²) in [5.74, 6) is 1.42. The van der Waals surface area contributed by atoms with Crippen LogP contribution in [0.2, 0.25) is 0 Å². The van der Waals surface area contributed by atoms with Gasteiger partial charge in [-0.25, -0.2) is 0 Å². The maximum atomic E-state index is 11.4. The van der Waals surface area contributed by atoms with E-state index in [9.17, 15) is 14.3 Å². The number of pyridine rings is 1. The number of benzene rings is 1. The van der Waals surface area contributed by atoms with E-state index in [0.29, 0.717) is 16.9 Å². The zero-order valence-electron chi connectivity index (χ0n) is 11.3. The van der Waals surface area contributed by atoms with Crippen LogP contribution in [0.5, 0.6) is 0 Å². The van der Waals surface area contributed by atoms with Gasteiger partial charge in [-0.1, -0.05) is 0 Å². The second-order valence-electron chi connectivity index (χ2n) is 5.08. The van der Waals surface area contributed by atoms with Crippen molar-refractivity contribution in [3.05, 3.63) is 40.7 Å². The van der Waals surface area contributed by atoms with Gasteiger partial charge in [-0.3, -0.25) is 19.3 Å². The monoisotopic (exact) mass is 305 g/mol. The topological polar surface area (TPSA) is 85.1 Å². The smallest absolute Gasteiger partial charge is 0.278 e. The van der Waals surface area contributed by atoms with Crippen LogP contribution in [-0.2, 0) is 10.8 Å². The average molecular weight is 305 g/mol. The number of nitrogens with one attached hydrogen (secondary N) is 1. The third-order valence-corrected chi connectivity index (χ3v) is 5.12. The first-order valence-electron chi connectivity index (χ1n) is 6.78. The van der Waals surface area contributed by atoms with E-state index in [1.807, 2.05) is 0 Å². The van der Waals surface area contributed by atoms with Crippen molar-refractivity contribution >= 4 is 32.9 Å². The standard InChI is InChI=1S/C14H15N3O3S/c18-17(19)14-2-1-13(11-3-6-15-9-12(11)14)16-10-4-7-21(20)8-5-10/h1-3,6,9-10,16H,4-5,7-8H2. The molecule has 7 heteroatoms. The van der Waals surface area contributed by atoms with Crippen molar-refractivity contribution in [2.75, 3.05) is 16.8 Å². The summed E-state index contributed by atoms with van der Waals surface area (Å²) in [6.07, 6.45) is 4.87. The van der Waals surface area contributed by atoms with Gasteiger partial charge in [0.25, 0.3) is 5.69 Å². The summed E-state index contributed by atoms with van der Waals surface area (Å²) in [4.78, 5) is 14.7. The van der Waals surface area contributed by atoms with Crippen LogP contribution in [0.25, 0.3) is 10.8 Å². The van der Waals surface area contributed by atoms with Crippen LogP contribution < -0.4 is 5.32 Å². The maximum Gasteiger partial charge on any atom is 0.278 e. The molecule has 1 fully saturated rings. The molecule has 1 aliphatic rings. The number of rotatable bonds is 3. The number of nitro groups is 1. The number of aromatic nitrogens is 1. The van der Waals surface area contributed by atoms with E-state index in [2.05, 4.69) is 10.3 Å².